The fourth-order valence-electron chi connectivity index (χ4n) is 3.36. The van der Waals surface area contributed by atoms with E-state index in [4.69, 9.17) is 14.2 Å². The van der Waals surface area contributed by atoms with Crippen LogP contribution in [0.2, 0.25) is 0 Å². The summed E-state index contributed by atoms with van der Waals surface area (Å²) >= 11 is 1.57. The fourth-order valence-corrected chi connectivity index (χ4v) is 4.46. The second-order valence-electron chi connectivity index (χ2n) is 7.22. The molecule has 0 aromatic heterocycles. The van der Waals surface area contributed by atoms with Gasteiger partial charge in [0, 0.05) is 4.90 Å². The van der Waals surface area contributed by atoms with Crippen LogP contribution in [0, 0.1) is 0 Å². The third-order valence-electron chi connectivity index (χ3n) is 5.00. The highest BCUT2D eigenvalue weighted by atomic mass is 32.2. The Hall–Kier alpha value is -2.15. The van der Waals surface area contributed by atoms with Gasteiger partial charge in [0.05, 0.1) is 19.8 Å². The summed E-state index contributed by atoms with van der Waals surface area (Å²) in [6.07, 6.45) is -1.74. The lowest BCUT2D eigenvalue weighted by atomic mass is 10.1. The van der Waals surface area contributed by atoms with E-state index in [-0.39, 0.29) is 5.44 Å². The Kier molecular flexibility index (Phi) is 7.56. The number of hydrogen-bond donors (Lipinski definition) is 1. The minimum Gasteiger partial charge on any atom is -0.387 e. The zero-order chi connectivity index (χ0) is 20.6. The summed E-state index contributed by atoms with van der Waals surface area (Å²) in [5.41, 5.74) is 1.80. The van der Waals surface area contributed by atoms with E-state index in [0.717, 1.165) is 16.0 Å². The van der Waals surface area contributed by atoms with Gasteiger partial charge < -0.3 is 19.3 Å². The summed E-state index contributed by atoms with van der Waals surface area (Å²) in [7, 11) is 0. The zero-order valence-corrected chi connectivity index (χ0v) is 17.5. The van der Waals surface area contributed by atoms with Crippen molar-refractivity contribution in [2.75, 3.05) is 6.61 Å². The molecule has 0 radical (unpaired) electrons. The van der Waals surface area contributed by atoms with Crippen molar-refractivity contribution >= 4 is 11.8 Å². The number of aliphatic hydroxyl groups is 1. The highest BCUT2D eigenvalue weighted by Crippen LogP contribution is 2.33. The van der Waals surface area contributed by atoms with Crippen molar-refractivity contribution in [2.45, 2.75) is 41.9 Å². The SMILES string of the molecule is OC1C(OCc2ccccc2)COC(Sc2ccccc2)C1OCc1ccccc1. The van der Waals surface area contributed by atoms with Gasteiger partial charge in [-0.1, -0.05) is 90.6 Å². The van der Waals surface area contributed by atoms with Crippen LogP contribution in [0.4, 0.5) is 0 Å². The number of hydrogen-bond acceptors (Lipinski definition) is 5. The Labute approximate surface area is 181 Å². The van der Waals surface area contributed by atoms with Crippen LogP contribution in [0.3, 0.4) is 0 Å². The molecule has 0 amide bonds. The number of benzene rings is 3. The van der Waals surface area contributed by atoms with Crippen molar-refractivity contribution < 1.29 is 19.3 Å². The second-order valence-corrected chi connectivity index (χ2v) is 8.39. The maximum Gasteiger partial charge on any atom is 0.136 e. The summed E-state index contributed by atoms with van der Waals surface area (Å²) in [5, 5.41) is 11.1. The molecule has 1 aliphatic heterocycles. The first-order valence-electron chi connectivity index (χ1n) is 10.1. The summed E-state index contributed by atoms with van der Waals surface area (Å²) in [6.45, 7) is 1.15. The second kappa shape index (κ2) is 10.8. The van der Waals surface area contributed by atoms with E-state index < -0.39 is 18.3 Å². The number of rotatable bonds is 8. The molecule has 4 atom stereocenters. The molecule has 0 bridgehead atoms. The van der Waals surface area contributed by atoms with E-state index in [1.165, 1.54) is 0 Å². The molecule has 0 aliphatic carbocycles. The molecule has 4 nitrogen and oxygen atoms in total. The van der Waals surface area contributed by atoms with Gasteiger partial charge in [-0.3, -0.25) is 0 Å². The molecule has 3 aromatic rings. The first kappa shape index (κ1) is 21.1. The van der Waals surface area contributed by atoms with Gasteiger partial charge in [-0.2, -0.15) is 0 Å². The van der Waals surface area contributed by atoms with Gasteiger partial charge in [0.2, 0.25) is 0 Å². The van der Waals surface area contributed by atoms with Crippen LogP contribution in [0.1, 0.15) is 11.1 Å². The minimum atomic E-state index is -0.785. The Bertz CT molecular complexity index is 875. The van der Waals surface area contributed by atoms with Crippen molar-refractivity contribution in [3.63, 3.8) is 0 Å². The van der Waals surface area contributed by atoms with E-state index in [1.807, 2.05) is 91.0 Å². The molecule has 1 saturated heterocycles. The largest absolute Gasteiger partial charge is 0.387 e. The average Bonchev–Trinajstić information content (AvgIpc) is 2.80. The van der Waals surface area contributed by atoms with Crippen molar-refractivity contribution in [3.05, 3.63) is 102 Å². The standard InChI is InChI=1S/C25H26O4S/c26-23-22(27-16-19-10-4-1-5-11-19)18-29-25(30-21-14-8-3-9-15-21)24(23)28-17-20-12-6-2-7-13-20/h1-15,22-26H,16-18H2. The molecule has 4 unspecified atom stereocenters. The van der Waals surface area contributed by atoms with Crippen molar-refractivity contribution in [2.24, 2.45) is 0 Å². The molecule has 1 fully saturated rings. The lowest BCUT2D eigenvalue weighted by molar-refractivity contribution is -0.201. The summed E-state index contributed by atoms with van der Waals surface area (Å²) in [5.74, 6) is 0. The normalized spacial score (nSPS) is 23.9. The highest BCUT2D eigenvalue weighted by molar-refractivity contribution is 7.99. The number of aliphatic hydroxyl groups excluding tert-OH is 1. The Morgan fingerprint density at radius 1 is 0.767 bits per heavy atom. The first-order chi connectivity index (χ1) is 14.8. The van der Waals surface area contributed by atoms with Gasteiger partial charge >= 0.3 is 0 Å². The van der Waals surface area contributed by atoms with Crippen molar-refractivity contribution in [3.8, 4) is 0 Å². The molecule has 30 heavy (non-hydrogen) atoms. The monoisotopic (exact) mass is 422 g/mol. The molecule has 156 valence electrons. The van der Waals surface area contributed by atoms with E-state index in [9.17, 15) is 5.11 Å². The molecule has 1 aliphatic rings. The lowest BCUT2D eigenvalue weighted by Gasteiger charge is -2.39. The van der Waals surface area contributed by atoms with E-state index in [2.05, 4.69) is 0 Å². The molecular weight excluding hydrogens is 396 g/mol. The predicted molar refractivity (Wildman–Crippen MR) is 118 cm³/mol. The summed E-state index contributed by atoms with van der Waals surface area (Å²) in [4.78, 5) is 1.08. The smallest absolute Gasteiger partial charge is 0.136 e. The van der Waals surface area contributed by atoms with Gasteiger partial charge in [0.1, 0.15) is 23.7 Å². The molecule has 0 saturated carbocycles. The maximum atomic E-state index is 11.1. The quantitative estimate of drug-likeness (QED) is 0.572. The van der Waals surface area contributed by atoms with Crippen LogP contribution >= 0.6 is 11.8 Å². The highest BCUT2D eigenvalue weighted by Gasteiger charge is 2.41. The summed E-state index contributed by atoms with van der Waals surface area (Å²) < 4.78 is 18.3. The van der Waals surface area contributed by atoms with Crippen LogP contribution in [0.5, 0.6) is 0 Å². The topological polar surface area (TPSA) is 47.9 Å². The van der Waals surface area contributed by atoms with Gasteiger partial charge in [-0.25, -0.2) is 0 Å². The van der Waals surface area contributed by atoms with E-state index >= 15 is 0 Å². The van der Waals surface area contributed by atoms with Gasteiger partial charge in [0.25, 0.3) is 0 Å². The Morgan fingerprint density at radius 2 is 1.30 bits per heavy atom. The maximum absolute atomic E-state index is 11.1. The molecule has 5 heteroatoms. The molecule has 3 aromatic carbocycles. The van der Waals surface area contributed by atoms with Crippen LogP contribution in [0.15, 0.2) is 95.9 Å². The number of ether oxygens (including phenoxy) is 3. The first-order valence-corrected chi connectivity index (χ1v) is 11.0. The number of thioether (sulfide) groups is 1. The van der Waals surface area contributed by atoms with Crippen LogP contribution < -0.4 is 0 Å². The molecule has 0 spiro atoms. The van der Waals surface area contributed by atoms with Crippen LogP contribution in [-0.4, -0.2) is 35.5 Å². The Morgan fingerprint density at radius 3 is 1.90 bits per heavy atom. The van der Waals surface area contributed by atoms with Crippen molar-refractivity contribution in [1.82, 2.24) is 0 Å². The lowest BCUT2D eigenvalue weighted by Crippen LogP contribution is -2.53. The third kappa shape index (κ3) is 5.72. The molecular formula is C25H26O4S. The summed E-state index contributed by atoms with van der Waals surface area (Å²) in [6, 6.07) is 29.9. The van der Waals surface area contributed by atoms with Crippen LogP contribution in [0.25, 0.3) is 0 Å². The predicted octanol–water partition coefficient (Wildman–Crippen LogP) is 4.67. The Balaban J connectivity index is 1.44. The molecule has 1 heterocycles. The fraction of sp³-hybridized carbons (Fsp3) is 0.280. The van der Waals surface area contributed by atoms with Gasteiger partial charge in [-0.05, 0) is 23.3 Å². The van der Waals surface area contributed by atoms with E-state index in [1.54, 1.807) is 11.8 Å². The average molecular weight is 423 g/mol. The zero-order valence-electron chi connectivity index (χ0n) is 16.7. The third-order valence-corrected chi connectivity index (χ3v) is 6.18. The minimum absolute atomic E-state index is 0.317. The van der Waals surface area contributed by atoms with Gasteiger partial charge in [0.15, 0.2) is 0 Å². The van der Waals surface area contributed by atoms with Crippen molar-refractivity contribution in [1.29, 1.82) is 0 Å². The van der Waals surface area contributed by atoms with E-state index in [0.29, 0.717) is 19.8 Å². The van der Waals surface area contributed by atoms with Gasteiger partial charge in [-0.15, -0.1) is 0 Å². The molecule has 1 N–H and O–H groups in total. The van der Waals surface area contributed by atoms with Crippen LogP contribution in [-0.2, 0) is 27.4 Å². The molecule has 4 rings (SSSR count).